The van der Waals surface area contributed by atoms with Crippen LogP contribution in [0.15, 0.2) is 61.2 Å². The van der Waals surface area contributed by atoms with Gasteiger partial charge in [-0.3, -0.25) is 4.79 Å². The molecular formula is C25H27Cl2NO2. The van der Waals surface area contributed by atoms with Crippen LogP contribution in [-0.2, 0) is 4.79 Å². The van der Waals surface area contributed by atoms with E-state index in [4.69, 9.17) is 23.2 Å². The Bertz CT molecular complexity index is 910. The zero-order chi connectivity index (χ0) is 21.3. The summed E-state index contributed by atoms with van der Waals surface area (Å²) in [6.07, 6.45) is 5.27. The van der Waals surface area contributed by atoms with Crippen molar-refractivity contribution in [1.82, 2.24) is 4.90 Å². The fourth-order valence-corrected chi connectivity index (χ4v) is 5.22. The summed E-state index contributed by atoms with van der Waals surface area (Å²) in [5.41, 5.74) is 2.15. The van der Waals surface area contributed by atoms with Gasteiger partial charge in [-0.1, -0.05) is 53.5 Å². The molecule has 1 N–H and O–H groups in total. The van der Waals surface area contributed by atoms with Gasteiger partial charge in [0.25, 0.3) is 0 Å². The van der Waals surface area contributed by atoms with Crippen molar-refractivity contribution in [3.63, 3.8) is 0 Å². The minimum Gasteiger partial charge on any atom is -0.394 e. The molecule has 1 aliphatic heterocycles. The number of benzene rings is 2. The van der Waals surface area contributed by atoms with Crippen molar-refractivity contribution in [2.75, 3.05) is 6.61 Å². The summed E-state index contributed by atoms with van der Waals surface area (Å²) in [7, 11) is 0. The van der Waals surface area contributed by atoms with E-state index in [1.54, 1.807) is 0 Å². The van der Waals surface area contributed by atoms with Gasteiger partial charge in [-0.2, -0.15) is 0 Å². The van der Waals surface area contributed by atoms with Gasteiger partial charge in [0.2, 0.25) is 5.91 Å². The molecule has 1 amide bonds. The Morgan fingerprint density at radius 1 is 1.10 bits per heavy atom. The van der Waals surface area contributed by atoms with Crippen molar-refractivity contribution in [3.05, 3.63) is 82.4 Å². The summed E-state index contributed by atoms with van der Waals surface area (Å²) in [5, 5.41) is 11.6. The molecular weight excluding hydrogens is 417 g/mol. The van der Waals surface area contributed by atoms with Crippen molar-refractivity contribution in [2.45, 2.75) is 43.7 Å². The van der Waals surface area contributed by atoms with Gasteiger partial charge in [0.05, 0.1) is 18.7 Å². The number of allylic oxidation sites excluding steroid dienone is 1. The number of piperidine rings is 1. The highest BCUT2D eigenvalue weighted by Gasteiger charge is 2.48. The third kappa shape index (κ3) is 4.30. The van der Waals surface area contributed by atoms with Gasteiger partial charge in [0.15, 0.2) is 0 Å². The number of nitrogens with zero attached hydrogens (tertiary/aromatic N) is 1. The molecule has 2 aromatic rings. The van der Waals surface area contributed by atoms with E-state index in [2.05, 4.69) is 12.6 Å². The highest BCUT2D eigenvalue weighted by molar-refractivity contribution is 6.30. The highest BCUT2D eigenvalue weighted by Crippen LogP contribution is 2.50. The summed E-state index contributed by atoms with van der Waals surface area (Å²) in [6.45, 7) is 3.85. The molecule has 0 aromatic heterocycles. The van der Waals surface area contributed by atoms with E-state index in [-0.39, 0.29) is 36.4 Å². The molecule has 4 atom stereocenters. The summed E-state index contributed by atoms with van der Waals surface area (Å²) < 4.78 is 0. The minimum atomic E-state index is -0.174. The molecule has 0 bridgehead atoms. The lowest BCUT2D eigenvalue weighted by Crippen LogP contribution is -2.53. The summed E-state index contributed by atoms with van der Waals surface area (Å²) in [6, 6.07) is 15.3. The van der Waals surface area contributed by atoms with E-state index in [1.165, 1.54) is 0 Å². The predicted molar refractivity (Wildman–Crippen MR) is 122 cm³/mol. The number of hydrogen-bond donors (Lipinski definition) is 1. The van der Waals surface area contributed by atoms with Crippen molar-refractivity contribution in [1.29, 1.82) is 0 Å². The van der Waals surface area contributed by atoms with Gasteiger partial charge in [0, 0.05) is 21.9 Å². The van der Waals surface area contributed by atoms with Gasteiger partial charge in [-0.15, -0.1) is 6.58 Å². The lowest BCUT2D eigenvalue weighted by Gasteiger charge is -2.48. The number of rotatable bonds is 7. The molecule has 2 aliphatic rings. The molecule has 4 rings (SSSR count). The van der Waals surface area contributed by atoms with Crippen molar-refractivity contribution in [3.8, 4) is 0 Å². The van der Waals surface area contributed by atoms with E-state index < -0.39 is 0 Å². The maximum Gasteiger partial charge on any atom is 0.226 e. The van der Waals surface area contributed by atoms with Gasteiger partial charge in [0.1, 0.15) is 0 Å². The van der Waals surface area contributed by atoms with Crippen molar-refractivity contribution in [2.24, 2.45) is 11.8 Å². The summed E-state index contributed by atoms with van der Waals surface area (Å²) in [4.78, 5) is 15.6. The SMILES string of the molecule is C=CC[C@@H]1CC(c2cccc(Cl)c2)[C@@H](c2ccc(Cl)cc2)N(C(CO)C2CC2)C1=O. The molecule has 3 nitrogen and oxygen atoms in total. The van der Waals surface area contributed by atoms with E-state index in [9.17, 15) is 9.90 Å². The molecule has 1 heterocycles. The Morgan fingerprint density at radius 2 is 1.83 bits per heavy atom. The van der Waals surface area contributed by atoms with Crippen LogP contribution >= 0.6 is 23.2 Å². The average molecular weight is 444 g/mol. The summed E-state index contributed by atoms with van der Waals surface area (Å²) in [5.74, 6) is 0.387. The van der Waals surface area contributed by atoms with Crippen LogP contribution in [0.25, 0.3) is 0 Å². The van der Waals surface area contributed by atoms with Crippen LogP contribution < -0.4 is 0 Å². The molecule has 2 aromatic carbocycles. The zero-order valence-electron chi connectivity index (χ0n) is 16.9. The Balaban J connectivity index is 1.84. The third-order valence-corrected chi connectivity index (χ3v) is 6.96. The van der Waals surface area contributed by atoms with Crippen LogP contribution in [0.3, 0.4) is 0 Å². The van der Waals surface area contributed by atoms with E-state index in [1.807, 2.05) is 53.4 Å². The second-order valence-corrected chi connectivity index (χ2v) is 9.32. The van der Waals surface area contributed by atoms with Crippen LogP contribution in [0.1, 0.15) is 48.8 Å². The van der Waals surface area contributed by atoms with Crippen LogP contribution in [0.4, 0.5) is 0 Å². The number of halogens is 2. The molecule has 1 aliphatic carbocycles. The van der Waals surface area contributed by atoms with E-state index >= 15 is 0 Å². The van der Waals surface area contributed by atoms with Gasteiger partial charge < -0.3 is 10.0 Å². The first-order chi connectivity index (χ1) is 14.5. The Labute approximate surface area is 188 Å². The lowest BCUT2D eigenvalue weighted by molar-refractivity contribution is -0.148. The number of aliphatic hydroxyl groups is 1. The van der Waals surface area contributed by atoms with Gasteiger partial charge >= 0.3 is 0 Å². The molecule has 158 valence electrons. The Morgan fingerprint density at radius 3 is 2.43 bits per heavy atom. The van der Waals surface area contributed by atoms with Crippen LogP contribution in [-0.4, -0.2) is 28.6 Å². The van der Waals surface area contributed by atoms with E-state index in [0.717, 1.165) is 30.4 Å². The quantitative estimate of drug-likeness (QED) is 0.531. The normalized spacial score (nSPS) is 25.2. The third-order valence-electron chi connectivity index (χ3n) is 6.47. The number of amides is 1. The van der Waals surface area contributed by atoms with Crippen LogP contribution in [0.5, 0.6) is 0 Å². The molecule has 2 fully saturated rings. The first-order valence-corrected chi connectivity index (χ1v) is 11.3. The van der Waals surface area contributed by atoms with Crippen LogP contribution in [0.2, 0.25) is 10.0 Å². The Hall–Kier alpha value is -1.81. The van der Waals surface area contributed by atoms with Crippen molar-refractivity contribution >= 4 is 29.1 Å². The molecule has 30 heavy (non-hydrogen) atoms. The second kappa shape index (κ2) is 9.13. The number of likely N-dealkylation sites (tertiary alicyclic amines) is 1. The fourth-order valence-electron chi connectivity index (χ4n) is 4.90. The van der Waals surface area contributed by atoms with Gasteiger partial charge in [-0.05, 0) is 67.0 Å². The topological polar surface area (TPSA) is 40.5 Å². The maximum absolute atomic E-state index is 13.7. The smallest absolute Gasteiger partial charge is 0.226 e. The first kappa shape index (κ1) is 21.4. The molecule has 1 saturated heterocycles. The fraction of sp³-hybridized carbons (Fsp3) is 0.400. The monoisotopic (exact) mass is 443 g/mol. The molecule has 0 radical (unpaired) electrons. The average Bonchev–Trinajstić information content (AvgIpc) is 3.57. The zero-order valence-corrected chi connectivity index (χ0v) is 18.4. The molecule has 5 heteroatoms. The minimum absolute atomic E-state index is 0.0242. The number of carbonyl (C=O) groups excluding carboxylic acids is 1. The van der Waals surface area contributed by atoms with Crippen molar-refractivity contribution < 1.29 is 9.90 Å². The largest absolute Gasteiger partial charge is 0.394 e. The van der Waals surface area contributed by atoms with Gasteiger partial charge in [-0.25, -0.2) is 0 Å². The lowest BCUT2D eigenvalue weighted by atomic mass is 9.74. The Kier molecular flexibility index (Phi) is 6.52. The predicted octanol–water partition coefficient (Wildman–Crippen LogP) is 6.01. The first-order valence-electron chi connectivity index (χ1n) is 10.6. The molecule has 2 unspecified atom stereocenters. The molecule has 1 saturated carbocycles. The highest BCUT2D eigenvalue weighted by atomic mass is 35.5. The van der Waals surface area contributed by atoms with Crippen LogP contribution in [0, 0.1) is 11.8 Å². The number of hydrogen-bond acceptors (Lipinski definition) is 2. The number of carbonyl (C=O) groups is 1. The maximum atomic E-state index is 13.7. The number of aliphatic hydroxyl groups excluding tert-OH is 1. The summed E-state index contributed by atoms with van der Waals surface area (Å²) >= 11 is 12.5. The standard InChI is InChI=1S/C25H27Cl2NO2/c1-2-4-19-14-22(18-5-3-6-21(27)13-18)24(17-9-11-20(26)12-10-17)28(25(19)30)23(15-29)16-7-8-16/h2-3,5-6,9-13,16,19,22-24,29H,1,4,7-8,14-15H2/t19-,22?,23?,24-/m1/s1. The van der Waals surface area contributed by atoms with E-state index in [0.29, 0.717) is 22.4 Å². The second-order valence-electron chi connectivity index (χ2n) is 8.45. The molecule has 0 spiro atoms.